The van der Waals surface area contributed by atoms with E-state index in [0.29, 0.717) is 0 Å². The van der Waals surface area contributed by atoms with Crippen LogP contribution in [0.15, 0.2) is 188 Å². The van der Waals surface area contributed by atoms with Crippen molar-refractivity contribution < 1.29 is 4.74 Å². The number of anilines is 3. The molecule has 248 valence electrons. The quantitative estimate of drug-likeness (QED) is 0.185. The van der Waals surface area contributed by atoms with E-state index in [0.717, 1.165) is 50.8 Å². The molecule has 3 aliphatic rings. The Hall–Kier alpha value is -6.90. The third-order valence-corrected chi connectivity index (χ3v) is 11.3. The molecule has 11 rings (SSSR count). The lowest BCUT2D eigenvalue weighted by molar-refractivity contribution is 0.488. The topological polar surface area (TPSA) is 12.5 Å². The van der Waals surface area contributed by atoms with Crippen LogP contribution in [0.3, 0.4) is 0 Å². The zero-order valence-electron chi connectivity index (χ0n) is 28.9. The van der Waals surface area contributed by atoms with Crippen LogP contribution in [0.25, 0.3) is 45.5 Å². The summed E-state index contributed by atoms with van der Waals surface area (Å²) in [5.41, 5.74) is 17.6. The third-order valence-electron chi connectivity index (χ3n) is 11.3. The van der Waals surface area contributed by atoms with Crippen molar-refractivity contribution in [3.8, 4) is 44.9 Å². The Morgan fingerprint density at radius 2 is 0.811 bits per heavy atom. The van der Waals surface area contributed by atoms with Crippen LogP contribution in [0.4, 0.5) is 17.1 Å². The van der Waals surface area contributed by atoms with Gasteiger partial charge in [0.25, 0.3) is 0 Å². The summed E-state index contributed by atoms with van der Waals surface area (Å²) < 4.78 is 6.53. The molecule has 1 heterocycles. The predicted molar refractivity (Wildman–Crippen MR) is 218 cm³/mol. The monoisotopic (exact) mass is 675 g/mol. The molecular weight excluding hydrogens is 643 g/mol. The van der Waals surface area contributed by atoms with Crippen molar-refractivity contribution in [3.63, 3.8) is 0 Å². The minimum Gasteiger partial charge on any atom is -0.456 e. The van der Waals surface area contributed by atoms with E-state index in [2.05, 4.69) is 193 Å². The van der Waals surface area contributed by atoms with Gasteiger partial charge in [0, 0.05) is 28.2 Å². The van der Waals surface area contributed by atoms with Gasteiger partial charge in [-0.1, -0.05) is 152 Å². The summed E-state index contributed by atoms with van der Waals surface area (Å²) in [5.74, 6) is 1.73. The van der Waals surface area contributed by atoms with E-state index in [1.165, 1.54) is 44.5 Å². The Labute approximate surface area is 309 Å². The molecule has 0 amide bonds. The maximum absolute atomic E-state index is 6.53. The number of rotatable bonds is 3. The Balaban J connectivity index is 1.16. The fourth-order valence-electron chi connectivity index (χ4n) is 9.11. The summed E-state index contributed by atoms with van der Waals surface area (Å²) in [5, 5.41) is 0. The second kappa shape index (κ2) is 11.6. The maximum atomic E-state index is 6.53. The highest BCUT2D eigenvalue weighted by molar-refractivity contribution is 5.96. The SMILES string of the molecule is C1=Cc2ccccc2C2(c3ccccc31)c1ccccc1-c1cc(N(c3ccccc3)c3ccc4c(c3)-c3ccccc3Oc3ccccc3-4)ccc12. The van der Waals surface area contributed by atoms with Gasteiger partial charge in [-0.2, -0.15) is 0 Å². The van der Waals surface area contributed by atoms with Gasteiger partial charge in [-0.25, -0.2) is 0 Å². The normalized spacial score (nSPS) is 13.5. The summed E-state index contributed by atoms with van der Waals surface area (Å²) in [4.78, 5) is 2.39. The highest BCUT2D eigenvalue weighted by Crippen LogP contribution is 2.59. The van der Waals surface area contributed by atoms with Crippen LogP contribution in [-0.4, -0.2) is 0 Å². The van der Waals surface area contributed by atoms with E-state index in [1.807, 2.05) is 12.1 Å². The molecule has 1 spiro atoms. The van der Waals surface area contributed by atoms with Crippen molar-refractivity contribution in [2.24, 2.45) is 0 Å². The van der Waals surface area contributed by atoms with Crippen molar-refractivity contribution in [1.29, 1.82) is 0 Å². The number of nitrogens with zero attached hydrogens (tertiary/aromatic N) is 1. The molecule has 0 N–H and O–H groups in total. The zero-order valence-corrected chi connectivity index (χ0v) is 28.9. The van der Waals surface area contributed by atoms with Gasteiger partial charge in [0.1, 0.15) is 11.5 Å². The van der Waals surface area contributed by atoms with Gasteiger partial charge in [-0.05, 0) is 104 Å². The van der Waals surface area contributed by atoms with Crippen molar-refractivity contribution in [2.75, 3.05) is 4.90 Å². The molecule has 0 saturated heterocycles. The maximum Gasteiger partial charge on any atom is 0.135 e. The summed E-state index contributed by atoms with van der Waals surface area (Å²) in [6.07, 6.45) is 4.57. The molecule has 8 aromatic carbocycles. The van der Waals surface area contributed by atoms with Gasteiger partial charge in [0.2, 0.25) is 0 Å². The lowest BCUT2D eigenvalue weighted by atomic mass is 9.66. The van der Waals surface area contributed by atoms with Crippen LogP contribution in [0, 0.1) is 0 Å². The van der Waals surface area contributed by atoms with Crippen LogP contribution in [0.5, 0.6) is 11.5 Å². The Kier molecular flexibility index (Phi) is 6.50. The van der Waals surface area contributed by atoms with Gasteiger partial charge in [0.05, 0.1) is 5.41 Å². The van der Waals surface area contributed by atoms with Gasteiger partial charge >= 0.3 is 0 Å². The van der Waals surface area contributed by atoms with Crippen molar-refractivity contribution >= 4 is 29.2 Å². The van der Waals surface area contributed by atoms with Crippen LogP contribution < -0.4 is 9.64 Å². The molecule has 0 radical (unpaired) electrons. The first-order chi connectivity index (χ1) is 26.3. The van der Waals surface area contributed by atoms with Gasteiger partial charge in [-0.15, -0.1) is 0 Å². The van der Waals surface area contributed by atoms with E-state index < -0.39 is 5.41 Å². The first-order valence-corrected chi connectivity index (χ1v) is 18.3. The fraction of sp³-hybridized carbons (Fsp3) is 0.0196. The summed E-state index contributed by atoms with van der Waals surface area (Å²) in [6, 6.07) is 68.3. The molecular formula is C51H33NO. The first kappa shape index (κ1) is 29.8. The average molecular weight is 676 g/mol. The molecule has 0 bridgehead atoms. The summed E-state index contributed by atoms with van der Waals surface area (Å²) in [7, 11) is 0. The molecule has 0 aromatic heterocycles. The second-order valence-electron chi connectivity index (χ2n) is 14.0. The number of ether oxygens (including phenoxy) is 1. The summed E-state index contributed by atoms with van der Waals surface area (Å²) >= 11 is 0. The Morgan fingerprint density at radius 3 is 1.49 bits per heavy atom. The number of para-hydroxylation sites is 3. The van der Waals surface area contributed by atoms with Gasteiger partial charge in [-0.3, -0.25) is 0 Å². The lowest BCUT2D eigenvalue weighted by Gasteiger charge is -2.35. The number of hydrogen-bond donors (Lipinski definition) is 0. The molecule has 0 unspecified atom stereocenters. The summed E-state index contributed by atoms with van der Waals surface area (Å²) in [6.45, 7) is 0. The molecule has 0 atom stereocenters. The lowest BCUT2D eigenvalue weighted by Crippen LogP contribution is -2.29. The van der Waals surface area contributed by atoms with Crippen molar-refractivity contribution in [1.82, 2.24) is 0 Å². The van der Waals surface area contributed by atoms with E-state index in [-0.39, 0.29) is 0 Å². The third kappa shape index (κ3) is 4.33. The largest absolute Gasteiger partial charge is 0.456 e. The number of benzene rings is 8. The molecule has 2 heteroatoms. The molecule has 2 nitrogen and oxygen atoms in total. The average Bonchev–Trinajstić information content (AvgIpc) is 3.31. The second-order valence-corrected chi connectivity index (χ2v) is 14.0. The van der Waals surface area contributed by atoms with Gasteiger partial charge < -0.3 is 9.64 Å². The zero-order chi connectivity index (χ0) is 34.9. The molecule has 53 heavy (non-hydrogen) atoms. The van der Waals surface area contributed by atoms with E-state index in [4.69, 9.17) is 4.74 Å². The van der Waals surface area contributed by atoms with Gasteiger partial charge in [0.15, 0.2) is 0 Å². The smallest absolute Gasteiger partial charge is 0.135 e. The predicted octanol–water partition coefficient (Wildman–Crippen LogP) is 13.4. The van der Waals surface area contributed by atoms with Crippen LogP contribution in [-0.2, 0) is 5.41 Å². The minimum atomic E-state index is -0.458. The van der Waals surface area contributed by atoms with E-state index in [1.54, 1.807) is 0 Å². The number of hydrogen-bond acceptors (Lipinski definition) is 2. The molecule has 2 aliphatic carbocycles. The molecule has 0 saturated carbocycles. The fourth-order valence-corrected chi connectivity index (χ4v) is 9.11. The number of fused-ring (bicyclic) bond motifs is 14. The van der Waals surface area contributed by atoms with E-state index >= 15 is 0 Å². The standard InChI is InChI=1S/C51H33NO/c1-2-16-36(17-3-1)52(37-28-30-39-41-19-7-12-24-49(41)53-50-25-13-8-20-42(50)43(39)32-37)38-29-31-48-44(33-38)40-18-6-11-23-47(40)51(48)45-21-9-4-14-34(45)26-27-35-15-5-10-22-46(35)51/h1-33H. The Morgan fingerprint density at radius 1 is 0.321 bits per heavy atom. The van der Waals surface area contributed by atoms with Crippen LogP contribution >= 0.6 is 0 Å². The van der Waals surface area contributed by atoms with Crippen LogP contribution in [0.1, 0.15) is 33.4 Å². The highest BCUT2D eigenvalue weighted by Gasteiger charge is 2.48. The molecule has 8 aromatic rings. The van der Waals surface area contributed by atoms with Crippen LogP contribution in [0.2, 0.25) is 0 Å². The van der Waals surface area contributed by atoms with Crippen molar-refractivity contribution in [3.05, 3.63) is 221 Å². The minimum absolute atomic E-state index is 0.458. The van der Waals surface area contributed by atoms with E-state index in [9.17, 15) is 0 Å². The Bertz CT molecular complexity index is 2730. The molecule has 1 aliphatic heterocycles. The first-order valence-electron chi connectivity index (χ1n) is 18.3. The highest BCUT2D eigenvalue weighted by atomic mass is 16.5. The molecule has 0 fully saturated rings. The van der Waals surface area contributed by atoms with Crippen molar-refractivity contribution in [2.45, 2.75) is 5.41 Å².